The van der Waals surface area contributed by atoms with E-state index in [1.807, 2.05) is 0 Å². The largest absolute Gasteiger partial charge is 0.442 e. The first-order valence-electron chi connectivity index (χ1n) is 4.79. The lowest BCUT2D eigenvalue weighted by Crippen LogP contribution is -2.03. The summed E-state index contributed by atoms with van der Waals surface area (Å²) >= 11 is 11.2. The second-order valence-electron chi connectivity index (χ2n) is 3.44. The van der Waals surface area contributed by atoms with Crippen LogP contribution in [0.25, 0.3) is 0 Å². The Morgan fingerprint density at radius 3 is 2.59 bits per heavy atom. The van der Waals surface area contributed by atoms with Gasteiger partial charge in [0.1, 0.15) is 5.82 Å². The Balaban J connectivity index is 2.18. The molecule has 0 aliphatic carbocycles. The highest BCUT2D eigenvalue weighted by Crippen LogP contribution is 2.18. The maximum Gasteiger partial charge on any atom is 0.202 e. The van der Waals surface area contributed by atoms with E-state index in [4.69, 9.17) is 27.6 Å². The second kappa shape index (κ2) is 4.90. The van der Waals surface area contributed by atoms with Crippen molar-refractivity contribution in [1.82, 2.24) is 0 Å². The van der Waals surface area contributed by atoms with Crippen LogP contribution in [0.1, 0.15) is 16.1 Å². The van der Waals surface area contributed by atoms with Crippen LogP contribution in [0.15, 0.2) is 34.7 Å². The molecule has 88 valence electrons. The van der Waals surface area contributed by atoms with E-state index in [9.17, 15) is 9.18 Å². The summed E-state index contributed by atoms with van der Waals surface area (Å²) in [7, 11) is 0. The molecule has 1 heterocycles. The molecule has 0 saturated heterocycles. The van der Waals surface area contributed by atoms with Gasteiger partial charge in [-0.2, -0.15) is 0 Å². The predicted octanol–water partition coefficient (Wildman–Crippen LogP) is 4.15. The minimum absolute atomic E-state index is 0.0904. The van der Waals surface area contributed by atoms with Gasteiger partial charge in [-0.1, -0.05) is 17.7 Å². The lowest BCUT2D eigenvalue weighted by Gasteiger charge is -2.01. The molecule has 17 heavy (non-hydrogen) atoms. The van der Waals surface area contributed by atoms with Gasteiger partial charge in [-0.05, 0) is 41.4 Å². The summed E-state index contributed by atoms with van der Waals surface area (Å²) in [4.78, 5) is 11.7. The van der Waals surface area contributed by atoms with Crippen LogP contribution in [0, 0.1) is 5.82 Å². The topological polar surface area (TPSA) is 30.2 Å². The third-order valence-corrected chi connectivity index (χ3v) is 2.65. The molecule has 0 spiro atoms. The number of Topliss-reactive ketones (excluding diaryl/α,β-unsaturated/α-hetero) is 1. The summed E-state index contributed by atoms with van der Waals surface area (Å²) in [5, 5.41) is 0.421. The average molecular weight is 273 g/mol. The predicted molar refractivity (Wildman–Crippen MR) is 63.2 cm³/mol. The molecular formula is C12H7Cl2FO2. The standard InChI is InChI=1S/C12H7Cl2FO2/c13-8-2-1-7(9(15)6-8)5-10(16)11-3-4-12(14)17-11/h1-4,6H,5H2. The summed E-state index contributed by atoms with van der Waals surface area (Å²) in [6.45, 7) is 0. The molecule has 2 rings (SSSR count). The molecule has 1 aromatic carbocycles. The Hall–Kier alpha value is -1.32. The molecule has 0 bridgehead atoms. The van der Waals surface area contributed by atoms with Gasteiger partial charge in [-0.25, -0.2) is 4.39 Å². The average Bonchev–Trinajstić information content (AvgIpc) is 2.69. The zero-order chi connectivity index (χ0) is 12.4. The fraction of sp³-hybridized carbons (Fsp3) is 0.0833. The van der Waals surface area contributed by atoms with Crippen molar-refractivity contribution >= 4 is 29.0 Å². The second-order valence-corrected chi connectivity index (χ2v) is 4.25. The van der Waals surface area contributed by atoms with Crippen LogP contribution in [0.2, 0.25) is 10.2 Å². The molecule has 0 unspecified atom stereocenters. The maximum absolute atomic E-state index is 13.4. The molecule has 0 radical (unpaired) electrons. The highest BCUT2D eigenvalue weighted by atomic mass is 35.5. The first-order chi connectivity index (χ1) is 8.06. The van der Waals surface area contributed by atoms with Gasteiger partial charge in [0.2, 0.25) is 5.78 Å². The lowest BCUT2D eigenvalue weighted by atomic mass is 10.1. The normalized spacial score (nSPS) is 10.5. The van der Waals surface area contributed by atoms with E-state index in [1.54, 1.807) is 0 Å². The molecule has 0 amide bonds. The van der Waals surface area contributed by atoms with Crippen LogP contribution >= 0.6 is 23.2 Å². The first kappa shape index (κ1) is 12.1. The number of furan rings is 1. The van der Waals surface area contributed by atoms with Crippen LogP contribution < -0.4 is 0 Å². The van der Waals surface area contributed by atoms with Crippen molar-refractivity contribution in [2.45, 2.75) is 6.42 Å². The summed E-state index contributed by atoms with van der Waals surface area (Å²) in [5.41, 5.74) is 0.270. The molecule has 2 nitrogen and oxygen atoms in total. The summed E-state index contributed by atoms with van der Waals surface area (Å²) in [5.74, 6) is -0.731. The van der Waals surface area contributed by atoms with Gasteiger partial charge < -0.3 is 4.42 Å². The first-order valence-corrected chi connectivity index (χ1v) is 5.54. The molecule has 0 atom stereocenters. The van der Waals surface area contributed by atoms with Crippen LogP contribution in [-0.4, -0.2) is 5.78 Å². The molecule has 0 aliphatic rings. The molecular weight excluding hydrogens is 266 g/mol. The fourth-order valence-electron chi connectivity index (χ4n) is 1.39. The van der Waals surface area contributed by atoms with Gasteiger partial charge in [0.05, 0.1) is 0 Å². The van der Waals surface area contributed by atoms with Crippen molar-refractivity contribution in [2.75, 3.05) is 0 Å². The molecule has 0 fully saturated rings. The van der Waals surface area contributed by atoms with E-state index in [1.165, 1.54) is 30.3 Å². The van der Waals surface area contributed by atoms with Gasteiger partial charge in [0, 0.05) is 11.4 Å². The molecule has 0 aliphatic heterocycles. The zero-order valence-corrected chi connectivity index (χ0v) is 10.1. The highest BCUT2D eigenvalue weighted by Gasteiger charge is 2.14. The third-order valence-electron chi connectivity index (χ3n) is 2.21. The van der Waals surface area contributed by atoms with Crippen LogP contribution in [0.4, 0.5) is 4.39 Å². The van der Waals surface area contributed by atoms with Gasteiger partial charge in [-0.3, -0.25) is 4.79 Å². The molecule has 1 aromatic heterocycles. The van der Waals surface area contributed by atoms with Crippen molar-refractivity contribution in [2.24, 2.45) is 0 Å². The number of hydrogen-bond acceptors (Lipinski definition) is 2. The van der Waals surface area contributed by atoms with Gasteiger partial charge >= 0.3 is 0 Å². The van der Waals surface area contributed by atoms with Crippen LogP contribution in [-0.2, 0) is 6.42 Å². The number of benzene rings is 1. The monoisotopic (exact) mass is 272 g/mol. The van der Waals surface area contributed by atoms with E-state index in [0.29, 0.717) is 5.02 Å². The Kier molecular flexibility index (Phi) is 3.50. The van der Waals surface area contributed by atoms with E-state index >= 15 is 0 Å². The van der Waals surface area contributed by atoms with Gasteiger partial charge in [0.25, 0.3) is 0 Å². The molecule has 0 N–H and O–H groups in total. The van der Waals surface area contributed by atoms with Gasteiger partial charge in [-0.15, -0.1) is 0 Å². The molecule has 5 heteroatoms. The Bertz CT molecular complexity index is 563. The number of carbonyl (C=O) groups excluding carboxylic acids is 1. The Labute approximate surface area is 107 Å². The lowest BCUT2D eigenvalue weighted by molar-refractivity contribution is 0.0965. The van der Waals surface area contributed by atoms with Crippen molar-refractivity contribution in [3.8, 4) is 0 Å². The van der Waals surface area contributed by atoms with E-state index in [0.717, 1.165) is 0 Å². The maximum atomic E-state index is 13.4. The van der Waals surface area contributed by atoms with Crippen LogP contribution in [0.3, 0.4) is 0 Å². The molecule has 2 aromatic rings. The Morgan fingerprint density at radius 1 is 1.24 bits per heavy atom. The van der Waals surface area contributed by atoms with Crippen molar-refractivity contribution in [1.29, 1.82) is 0 Å². The fourth-order valence-corrected chi connectivity index (χ4v) is 1.69. The van der Waals surface area contributed by atoms with Crippen molar-refractivity contribution < 1.29 is 13.6 Å². The highest BCUT2D eigenvalue weighted by molar-refractivity contribution is 6.30. The number of ketones is 1. The molecule has 0 saturated carbocycles. The van der Waals surface area contributed by atoms with Gasteiger partial charge in [0.15, 0.2) is 11.0 Å². The number of halogens is 3. The van der Waals surface area contributed by atoms with E-state index in [-0.39, 0.29) is 28.7 Å². The van der Waals surface area contributed by atoms with E-state index in [2.05, 4.69) is 0 Å². The third kappa shape index (κ3) is 2.87. The smallest absolute Gasteiger partial charge is 0.202 e. The zero-order valence-electron chi connectivity index (χ0n) is 8.54. The van der Waals surface area contributed by atoms with Crippen LogP contribution in [0.5, 0.6) is 0 Å². The summed E-state index contributed by atoms with van der Waals surface area (Å²) in [6.07, 6.45) is -0.0904. The SMILES string of the molecule is O=C(Cc1ccc(Cl)cc1F)c1ccc(Cl)o1. The minimum atomic E-state index is -0.511. The summed E-state index contributed by atoms with van der Waals surface area (Å²) in [6, 6.07) is 7.09. The van der Waals surface area contributed by atoms with Crippen molar-refractivity contribution in [3.05, 3.63) is 57.7 Å². The van der Waals surface area contributed by atoms with E-state index < -0.39 is 5.82 Å². The Morgan fingerprint density at radius 2 is 2.00 bits per heavy atom. The minimum Gasteiger partial charge on any atom is -0.442 e. The summed E-state index contributed by atoms with van der Waals surface area (Å²) < 4.78 is 18.4. The number of rotatable bonds is 3. The number of carbonyl (C=O) groups is 1. The quantitative estimate of drug-likeness (QED) is 0.786. The number of hydrogen-bond donors (Lipinski definition) is 0. The van der Waals surface area contributed by atoms with Crippen molar-refractivity contribution in [3.63, 3.8) is 0 Å².